The van der Waals surface area contributed by atoms with Crippen LogP contribution >= 0.6 is 0 Å². The molecule has 3 atom stereocenters. The molecule has 0 amide bonds. The molecule has 0 aliphatic carbocycles. The molecule has 0 bridgehead atoms. The van der Waals surface area contributed by atoms with Gasteiger partial charge in [0.05, 0.1) is 13.2 Å². The Kier molecular flexibility index (Phi) is 7.15. The largest absolute Gasteiger partial charge is 0.497 e. The topological polar surface area (TPSA) is 67.5 Å². The minimum Gasteiger partial charge on any atom is -0.497 e. The number of methoxy groups -OCH3 is 1. The molecule has 1 rings (SSSR count). The molecule has 0 aromatic heterocycles. The van der Waals surface area contributed by atoms with E-state index in [0.29, 0.717) is 6.54 Å². The highest BCUT2D eigenvalue weighted by Crippen LogP contribution is 2.17. The van der Waals surface area contributed by atoms with Gasteiger partial charge in [-0.1, -0.05) is 12.1 Å². The molecule has 4 heteroatoms. The van der Waals surface area contributed by atoms with E-state index in [9.17, 15) is 5.11 Å². The zero-order valence-corrected chi connectivity index (χ0v) is 13.7. The molecule has 0 saturated heterocycles. The highest BCUT2D eigenvalue weighted by Gasteiger charge is 2.24. The Morgan fingerprint density at radius 1 is 1.29 bits per heavy atom. The lowest BCUT2D eigenvalue weighted by Crippen LogP contribution is -2.53. The second-order valence-corrected chi connectivity index (χ2v) is 6.24. The number of aliphatic hydroxyl groups is 1. The molecule has 0 spiro atoms. The summed E-state index contributed by atoms with van der Waals surface area (Å²) in [6.45, 7) is 6.63. The van der Waals surface area contributed by atoms with E-state index in [4.69, 9.17) is 10.5 Å². The minimum atomic E-state index is -0.295. The first-order chi connectivity index (χ1) is 9.88. The van der Waals surface area contributed by atoms with Gasteiger partial charge in [-0.25, -0.2) is 0 Å². The maximum atomic E-state index is 9.47. The molecule has 4 N–H and O–H groups in total. The van der Waals surface area contributed by atoms with E-state index in [-0.39, 0.29) is 17.7 Å². The maximum absolute atomic E-state index is 9.47. The third-order valence-corrected chi connectivity index (χ3v) is 3.86. The van der Waals surface area contributed by atoms with E-state index in [0.717, 1.165) is 25.0 Å². The van der Waals surface area contributed by atoms with Crippen LogP contribution in [-0.4, -0.2) is 36.4 Å². The number of benzene rings is 1. The summed E-state index contributed by atoms with van der Waals surface area (Å²) in [4.78, 5) is 0. The van der Waals surface area contributed by atoms with Crippen molar-refractivity contribution in [1.29, 1.82) is 0 Å². The predicted molar refractivity (Wildman–Crippen MR) is 87.7 cm³/mol. The van der Waals surface area contributed by atoms with Crippen molar-refractivity contribution in [1.82, 2.24) is 5.32 Å². The first-order valence-corrected chi connectivity index (χ1v) is 7.67. The Hall–Kier alpha value is -1.10. The quantitative estimate of drug-likeness (QED) is 0.652. The van der Waals surface area contributed by atoms with Crippen molar-refractivity contribution in [2.75, 3.05) is 13.7 Å². The van der Waals surface area contributed by atoms with Crippen molar-refractivity contribution >= 4 is 0 Å². The van der Waals surface area contributed by atoms with Crippen LogP contribution in [0.5, 0.6) is 5.75 Å². The molecular formula is C17H30N2O2. The van der Waals surface area contributed by atoms with Crippen LogP contribution in [0.4, 0.5) is 0 Å². The number of hydrogen-bond donors (Lipinski definition) is 3. The fourth-order valence-corrected chi connectivity index (χ4v) is 2.61. The standard InChI is InChI=1S/C17H30N2O2/c1-13(11-14(2)20)19-17(3,12-18)10-9-15-5-7-16(21-4)8-6-15/h5-8,13-14,19-20H,9-12,18H2,1-4H3. The van der Waals surface area contributed by atoms with Crippen LogP contribution in [-0.2, 0) is 6.42 Å². The van der Waals surface area contributed by atoms with Crippen molar-refractivity contribution in [2.45, 2.75) is 57.7 Å². The normalized spacial score (nSPS) is 17.0. The van der Waals surface area contributed by atoms with Crippen molar-refractivity contribution in [2.24, 2.45) is 5.73 Å². The van der Waals surface area contributed by atoms with Gasteiger partial charge in [0.2, 0.25) is 0 Å². The summed E-state index contributed by atoms with van der Waals surface area (Å²) in [6.07, 6.45) is 2.36. The molecule has 21 heavy (non-hydrogen) atoms. The zero-order chi connectivity index (χ0) is 15.9. The molecule has 0 heterocycles. The van der Waals surface area contributed by atoms with Crippen LogP contribution in [0.1, 0.15) is 39.2 Å². The van der Waals surface area contributed by atoms with E-state index in [2.05, 4.69) is 31.3 Å². The Morgan fingerprint density at radius 2 is 1.90 bits per heavy atom. The Balaban J connectivity index is 2.54. The van der Waals surface area contributed by atoms with Gasteiger partial charge in [-0.2, -0.15) is 0 Å². The van der Waals surface area contributed by atoms with Gasteiger partial charge in [0.1, 0.15) is 5.75 Å². The average molecular weight is 294 g/mol. The molecule has 3 unspecified atom stereocenters. The molecule has 1 aromatic rings. The SMILES string of the molecule is COc1ccc(CCC(C)(CN)NC(C)CC(C)O)cc1. The van der Waals surface area contributed by atoms with Crippen LogP contribution in [0.15, 0.2) is 24.3 Å². The van der Waals surface area contributed by atoms with Gasteiger partial charge in [-0.15, -0.1) is 0 Å². The monoisotopic (exact) mass is 294 g/mol. The van der Waals surface area contributed by atoms with Crippen molar-refractivity contribution in [3.05, 3.63) is 29.8 Å². The summed E-state index contributed by atoms with van der Waals surface area (Å²) in [5.74, 6) is 0.879. The summed E-state index contributed by atoms with van der Waals surface area (Å²) < 4.78 is 5.17. The first-order valence-electron chi connectivity index (χ1n) is 7.67. The van der Waals surface area contributed by atoms with Gasteiger partial charge < -0.3 is 20.9 Å². The zero-order valence-electron chi connectivity index (χ0n) is 13.7. The highest BCUT2D eigenvalue weighted by molar-refractivity contribution is 5.27. The van der Waals surface area contributed by atoms with Gasteiger partial charge in [-0.05, 0) is 57.7 Å². The summed E-state index contributed by atoms with van der Waals surface area (Å²) in [5.41, 5.74) is 7.11. The van der Waals surface area contributed by atoms with Gasteiger partial charge in [-0.3, -0.25) is 0 Å². The summed E-state index contributed by atoms with van der Waals surface area (Å²) >= 11 is 0. The fraction of sp³-hybridized carbons (Fsp3) is 0.647. The number of nitrogens with one attached hydrogen (secondary N) is 1. The second kappa shape index (κ2) is 8.37. The van der Waals surface area contributed by atoms with Gasteiger partial charge in [0.15, 0.2) is 0 Å². The van der Waals surface area contributed by atoms with E-state index in [1.807, 2.05) is 19.1 Å². The van der Waals surface area contributed by atoms with Crippen molar-refractivity contribution in [3.63, 3.8) is 0 Å². The van der Waals surface area contributed by atoms with Gasteiger partial charge >= 0.3 is 0 Å². The van der Waals surface area contributed by atoms with E-state index in [1.54, 1.807) is 7.11 Å². The third-order valence-electron chi connectivity index (χ3n) is 3.86. The lowest BCUT2D eigenvalue weighted by atomic mass is 9.91. The van der Waals surface area contributed by atoms with Crippen LogP contribution in [0.2, 0.25) is 0 Å². The summed E-state index contributed by atoms with van der Waals surface area (Å²) in [5, 5.41) is 13.0. The minimum absolute atomic E-state index is 0.117. The molecule has 0 saturated carbocycles. The molecule has 0 aliphatic heterocycles. The maximum Gasteiger partial charge on any atom is 0.118 e. The van der Waals surface area contributed by atoms with E-state index in [1.165, 1.54) is 5.56 Å². The average Bonchev–Trinajstić information content (AvgIpc) is 2.44. The van der Waals surface area contributed by atoms with Crippen molar-refractivity contribution < 1.29 is 9.84 Å². The van der Waals surface area contributed by atoms with Crippen LogP contribution in [0.3, 0.4) is 0 Å². The van der Waals surface area contributed by atoms with Gasteiger partial charge in [0, 0.05) is 18.1 Å². The van der Waals surface area contributed by atoms with Crippen LogP contribution < -0.4 is 15.8 Å². The number of rotatable bonds is 9. The number of hydrogen-bond acceptors (Lipinski definition) is 4. The predicted octanol–water partition coefficient (Wildman–Crippen LogP) is 2.09. The van der Waals surface area contributed by atoms with E-state index >= 15 is 0 Å². The first kappa shape index (κ1) is 18.0. The number of aryl methyl sites for hydroxylation is 1. The lowest BCUT2D eigenvalue weighted by molar-refractivity contribution is 0.159. The second-order valence-electron chi connectivity index (χ2n) is 6.24. The molecular weight excluding hydrogens is 264 g/mol. The highest BCUT2D eigenvalue weighted by atomic mass is 16.5. The number of ether oxygens (including phenoxy) is 1. The van der Waals surface area contributed by atoms with Crippen molar-refractivity contribution in [3.8, 4) is 5.75 Å². The third kappa shape index (κ3) is 6.46. The van der Waals surface area contributed by atoms with Crippen LogP contribution in [0, 0.1) is 0 Å². The molecule has 0 fully saturated rings. The number of nitrogens with two attached hydrogens (primary N) is 1. The summed E-state index contributed by atoms with van der Waals surface area (Å²) in [6, 6.07) is 8.40. The lowest BCUT2D eigenvalue weighted by Gasteiger charge is -2.33. The smallest absolute Gasteiger partial charge is 0.118 e. The Labute approximate surface area is 128 Å². The molecule has 0 aliphatic rings. The van der Waals surface area contributed by atoms with Crippen LogP contribution in [0.25, 0.3) is 0 Å². The fourth-order valence-electron chi connectivity index (χ4n) is 2.61. The molecule has 0 radical (unpaired) electrons. The van der Waals surface area contributed by atoms with Gasteiger partial charge in [0.25, 0.3) is 0 Å². The Bertz CT molecular complexity index is 406. The molecule has 4 nitrogen and oxygen atoms in total. The molecule has 1 aromatic carbocycles. The Morgan fingerprint density at radius 3 is 2.38 bits per heavy atom. The summed E-state index contributed by atoms with van der Waals surface area (Å²) in [7, 11) is 1.67. The molecule has 120 valence electrons. The van der Waals surface area contributed by atoms with E-state index < -0.39 is 0 Å². The number of aliphatic hydroxyl groups excluding tert-OH is 1.